The summed E-state index contributed by atoms with van der Waals surface area (Å²) >= 11 is 0.656. The van der Waals surface area contributed by atoms with Crippen molar-refractivity contribution in [2.45, 2.75) is 10.3 Å². The number of nitrogens with one attached hydrogen (secondary N) is 1. The third-order valence-corrected chi connectivity index (χ3v) is 4.73. The number of halogens is 1. The number of rotatable bonds is 2. The molecule has 0 radical (unpaired) electrons. The van der Waals surface area contributed by atoms with Crippen molar-refractivity contribution < 1.29 is 21.2 Å². The van der Waals surface area contributed by atoms with Gasteiger partial charge in [-0.15, -0.1) is 0 Å². The molecule has 1 unspecified atom stereocenters. The Morgan fingerprint density at radius 1 is 1.86 bits per heavy atom. The van der Waals surface area contributed by atoms with E-state index in [0.29, 0.717) is 21.2 Å². The van der Waals surface area contributed by atoms with Crippen molar-refractivity contribution in [3.05, 3.63) is 0 Å². The van der Waals surface area contributed by atoms with Crippen LogP contribution >= 0.6 is 0 Å². The molecule has 1 N–H and O–H groups in total. The predicted molar refractivity (Wildman–Crippen MR) is 27.2 cm³/mol. The Kier molecular flexibility index (Phi) is 2.38. The summed E-state index contributed by atoms with van der Waals surface area (Å²) in [6.45, 7) is 1.28. The van der Waals surface area contributed by atoms with E-state index in [2.05, 4.69) is 5.32 Å². The molecule has 1 nitrogen and oxygen atoms in total. The Morgan fingerprint density at radius 3 is 2.71 bits per heavy atom. The van der Waals surface area contributed by atoms with Crippen LogP contribution in [0.4, 0.5) is 0 Å². The second-order valence-electron chi connectivity index (χ2n) is 1.79. The first kappa shape index (κ1) is 5.82. The molecule has 1 aliphatic heterocycles. The van der Waals surface area contributed by atoms with Gasteiger partial charge in [-0.2, -0.15) is 0 Å². The molecule has 1 heterocycles. The number of alkyl halides is 2. The normalized spacial score (nSPS) is 30.7. The quantitative estimate of drug-likeness (QED) is 0.381. The van der Waals surface area contributed by atoms with Crippen LogP contribution in [0.3, 0.4) is 0 Å². The summed E-state index contributed by atoms with van der Waals surface area (Å²) in [6.07, 6.45) is 1.51. The van der Waals surface area contributed by atoms with Crippen LogP contribution in [-0.4, -0.2) is 21.9 Å². The first-order valence-corrected chi connectivity index (χ1v) is 5.43. The number of hydrogen-bond acceptors (Lipinski definition) is 1. The van der Waals surface area contributed by atoms with Crippen LogP contribution in [0.1, 0.15) is 6.42 Å². The molecular formula is C5H11IN-. The molecule has 0 aromatic rings. The zero-order chi connectivity index (χ0) is 5.11. The monoisotopic (exact) mass is 212 g/mol. The fraction of sp³-hybridized carbons (Fsp3) is 1.00. The Morgan fingerprint density at radius 2 is 2.57 bits per heavy atom. The zero-order valence-corrected chi connectivity index (χ0v) is 6.73. The molecule has 2 heteroatoms. The average Bonchev–Trinajstić information content (AvgIpc) is 1.55. The van der Waals surface area contributed by atoms with E-state index in [-0.39, 0.29) is 0 Å². The first-order chi connectivity index (χ1) is 3.43. The maximum absolute atomic E-state index is 3.20. The molecule has 1 fully saturated rings. The SMILES string of the molecule is CNCC1CC[I-]1. The van der Waals surface area contributed by atoms with Gasteiger partial charge in [0, 0.05) is 0 Å². The summed E-state index contributed by atoms with van der Waals surface area (Å²) in [5, 5.41) is 3.20. The summed E-state index contributed by atoms with van der Waals surface area (Å²) in [5.41, 5.74) is 0. The second-order valence-corrected chi connectivity index (χ2v) is 5.51. The topological polar surface area (TPSA) is 12.0 Å². The van der Waals surface area contributed by atoms with Gasteiger partial charge in [0.2, 0.25) is 0 Å². The van der Waals surface area contributed by atoms with Gasteiger partial charge in [0.05, 0.1) is 0 Å². The Labute approximate surface area is 55.1 Å². The van der Waals surface area contributed by atoms with E-state index in [9.17, 15) is 0 Å². The van der Waals surface area contributed by atoms with E-state index in [0.717, 1.165) is 3.92 Å². The predicted octanol–water partition coefficient (Wildman–Crippen LogP) is -2.93. The fourth-order valence-corrected chi connectivity index (χ4v) is 2.90. The van der Waals surface area contributed by atoms with Gasteiger partial charge in [0.25, 0.3) is 0 Å². The van der Waals surface area contributed by atoms with Crippen molar-refractivity contribution in [3.63, 3.8) is 0 Å². The van der Waals surface area contributed by atoms with Crippen molar-refractivity contribution in [3.8, 4) is 0 Å². The minimum atomic E-state index is 0.656. The van der Waals surface area contributed by atoms with Gasteiger partial charge in [-0.3, -0.25) is 0 Å². The third-order valence-electron chi connectivity index (χ3n) is 1.18. The molecule has 0 saturated carbocycles. The Balaban J connectivity index is 1.93. The molecule has 1 saturated heterocycles. The van der Waals surface area contributed by atoms with Crippen LogP contribution in [-0.2, 0) is 0 Å². The van der Waals surface area contributed by atoms with E-state index in [1.54, 1.807) is 4.43 Å². The van der Waals surface area contributed by atoms with Gasteiger partial charge in [0.1, 0.15) is 0 Å². The molecule has 0 bridgehead atoms. The van der Waals surface area contributed by atoms with Crippen molar-refractivity contribution in [1.82, 2.24) is 5.32 Å². The summed E-state index contributed by atoms with van der Waals surface area (Å²) in [7, 11) is 2.04. The van der Waals surface area contributed by atoms with Gasteiger partial charge in [-0.1, -0.05) is 0 Å². The van der Waals surface area contributed by atoms with Crippen LogP contribution in [0, 0.1) is 0 Å². The Bertz CT molecular complexity index is 52.0. The van der Waals surface area contributed by atoms with Gasteiger partial charge < -0.3 is 0 Å². The van der Waals surface area contributed by atoms with Crippen LogP contribution in [0.2, 0.25) is 0 Å². The van der Waals surface area contributed by atoms with Crippen molar-refractivity contribution in [2.75, 3.05) is 18.0 Å². The van der Waals surface area contributed by atoms with E-state index < -0.39 is 0 Å². The molecule has 1 atom stereocenters. The summed E-state index contributed by atoms with van der Waals surface area (Å²) in [6, 6.07) is 0. The minimum absolute atomic E-state index is 0.656. The van der Waals surface area contributed by atoms with Crippen molar-refractivity contribution >= 4 is 0 Å². The molecule has 7 heavy (non-hydrogen) atoms. The van der Waals surface area contributed by atoms with Crippen LogP contribution < -0.4 is 26.5 Å². The second kappa shape index (κ2) is 2.87. The Hall–Kier alpha value is 0.690. The molecule has 0 aromatic carbocycles. The molecule has 1 aliphatic rings. The van der Waals surface area contributed by atoms with Gasteiger partial charge >= 0.3 is 54.9 Å². The molecule has 44 valence electrons. The van der Waals surface area contributed by atoms with Gasteiger partial charge in [0.15, 0.2) is 0 Å². The molecule has 0 aromatic heterocycles. The average molecular weight is 212 g/mol. The van der Waals surface area contributed by atoms with Crippen molar-refractivity contribution in [1.29, 1.82) is 0 Å². The van der Waals surface area contributed by atoms with Gasteiger partial charge in [-0.05, 0) is 0 Å². The maximum atomic E-state index is 3.20. The van der Waals surface area contributed by atoms with E-state index in [1.165, 1.54) is 13.0 Å². The molecule has 1 rings (SSSR count). The van der Waals surface area contributed by atoms with E-state index >= 15 is 0 Å². The molecule has 0 amide bonds. The van der Waals surface area contributed by atoms with Crippen LogP contribution in [0.5, 0.6) is 0 Å². The molecular weight excluding hydrogens is 201 g/mol. The summed E-state index contributed by atoms with van der Waals surface area (Å²) in [4.78, 5) is 0. The number of hydrogen-bond donors (Lipinski definition) is 1. The zero-order valence-electron chi connectivity index (χ0n) is 4.58. The molecule has 0 aliphatic carbocycles. The standard InChI is InChI=1S/C5H11IN/c1-7-4-5-2-3-6-5/h5,7H,2-4H2,1H3/q-1. The third kappa shape index (κ3) is 1.57. The fourth-order valence-electron chi connectivity index (χ4n) is 0.642. The van der Waals surface area contributed by atoms with E-state index in [4.69, 9.17) is 0 Å². The summed E-state index contributed by atoms with van der Waals surface area (Å²) < 4.78 is 2.70. The van der Waals surface area contributed by atoms with E-state index in [1.807, 2.05) is 7.05 Å². The van der Waals surface area contributed by atoms with Crippen LogP contribution in [0.15, 0.2) is 0 Å². The summed E-state index contributed by atoms with van der Waals surface area (Å²) in [5.74, 6) is 0. The van der Waals surface area contributed by atoms with Crippen LogP contribution in [0.25, 0.3) is 0 Å². The molecule has 0 spiro atoms. The first-order valence-electron chi connectivity index (χ1n) is 2.66. The van der Waals surface area contributed by atoms with Gasteiger partial charge in [-0.25, -0.2) is 0 Å². The van der Waals surface area contributed by atoms with Crippen molar-refractivity contribution in [2.24, 2.45) is 0 Å².